The highest BCUT2D eigenvalue weighted by atomic mass is 35.5. The molecule has 0 radical (unpaired) electrons. The maximum absolute atomic E-state index is 13.1. The number of hydrogen-bond acceptors (Lipinski definition) is 4. The molecule has 2 amide bonds. The third-order valence-corrected chi connectivity index (χ3v) is 4.48. The Hall–Kier alpha value is -2.18. The van der Waals surface area contributed by atoms with Crippen LogP contribution in [0, 0.1) is 5.82 Å². The predicted molar refractivity (Wildman–Crippen MR) is 87.2 cm³/mol. The lowest BCUT2D eigenvalue weighted by molar-refractivity contribution is -0.123. The molecular weight excluding hydrogens is 339 g/mol. The van der Waals surface area contributed by atoms with Crippen molar-refractivity contribution in [3.05, 3.63) is 69.6 Å². The topological polar surface area (TPSA) is 50.3 Å². The number of amides is 2. The maximum atomic E-state index is 13.1. The molecule has 1 aliphatic rings. The van der Waals surface area contributed by atoms with Crippen LogP contribution in [0.1, 0.15) is 11.1 Å². The van der Waals surface area contributed by atoms with Gasteiger partial charge in [0.05, 0.1) is 11.4 Å². The fourth-order valence-corrected chi connectivity index (χ4v) is 3.13. The molecule has 0 saturated carbocycles. The third-order valence-electron chi connectivity index (χ3n) is 3.22. The predicted octanol–water partition coefficient (Wildman–Crippen LogP) is 4.11. The van der Waals surface area contributed by atoms with E-state index < -0.39 is 11.7 Å². The highest BCUT2D eigenvalue weighted by molar-refractivity contribution is 8.18. The normalized spacial score (nSPS) is 16.4. The van der Waals surface area contributed by atoms with E-state index in [1.165, 1.54) is 12.1 Å². The van der Waals surface area contributed by atoms with Crippen LogP contribution in [0.15, 0.2) is 47.6 Å². The number of nitrogens with zero attached hydrogens (tertiary/aromatic N) is 2. The number of hydrogen-bond donors (Lipinski definition) is 0. The van der Waals surface area contributed by atoms with Crippen molar-refractivity contribution in [2.75, 3.05) is 0 Å². The average Bonchev–Trinajstić information content (AvgIpc) is 2.78. The molecule has 0 atom stereocenters. The Kier molecular flexibility index (Phi) is 4.45. The van der Waals surface area contributed by atoms with Crippen LogP contribution in [0.5, 0.6) is 0 Å². The molecule has 2 heterocycles. The molecular formula is C16H10ClFN2O2S. The molecule has 0 N–H and O–H groups in total. The van der Waals surface area contributed by atoms with E-state index in [2.05, 4.69) is 4.98 Å². The fraction of sp³-hybridized carbons (Fsp3) is 0.0625. The summed E-state index contributed by atoms with van der Waals surface area (Å²) in [7, 11) is 0. The number of benzene rings is 1. The summed E-state index contributed by atoms with van der Waals surface area (Å²) in [4.78, 5) is 29.8. The van der Waals surface area contributed by atoms with Crippen molar-refractivity contribution in [3.8, 4) is 0 Å². The Labute approximate surface area is 141 Å². The van der Waals surface area contributed by atoms with Crippen molar-refractivity contribution in [1.82, 2.24) is 9.88 Å². The van der Waals surface area contributed by atoms with E-state index >= 15 is 0 Å². The highest BCUT2D eigenvalue weighted by Crippen LogP contribution is 2.34. The average molecular weight is 349 g/mol. The summed E-state index contributed by atoms with van der Waals surface area (Å²) in [6, 6.07) is 7.35. The number of carbonyl (C=O) groups is 2. The summed E-state index contributed by atoms with van der Waals surface area (Å²) in [6.45, 7) is 0.0114. The van der Waals surface area contributed by atoms with Crippen LogP contribution in [0.4, 0.5) is 9.18 Å². The molecule has 1 aliphatic heterocycles. The molecule has 0 unspecified atom stereocenters. The summed E-state index contributed by atoms with van der Waals surface area (Å²) in [5.74, 6) is -0.859. The standard InChI is InChI=1S/C16H10ClFN2O2S/c17-13-8-12(18)2-1-11(13)9-20-15(21)14(23-16(20)22)7-10-3-5-19-6-4-10/h1-8H,9H2/b14-7+. The fourth-order valence-electron chi connectivity index (χ4n) is 2.07. The van der Waals surface area contributed by atoms with E-state index in [0.717, 1.165) is 28.3 Å². The summed E-state index contributed by atoms with van der Waals surface area (Å²) in [6.07, 6.45) is 4.85. The largest absolute Gasteiger partial charge is 0.293 e. The maximum Gasteiger partial charge on any atom is 0.293 e. The smallest absolute Gasteiger partial charge is 0.268 e. The lowest BCUT2D eigenvalue weighted by Gasteiger charge is -2.13. The van der Waals surface area contributed by atoms with Crippen LogP contribution < -0.4 is 0 Å². The van der Waals surface area contributed by atoms with Gasteiger partial charge < -0.3 is 0 Å². The highest BCUT2D eigenvalue weighted by Gasteiger charge is 2.35. The molecule has 23 heavy (non-hydrogen) atoms. The summed E-state index contributed by atoms with van der Waals surface area (Å²) < 4.78 is 13.1. The number of aromatic nitrogens is 1. The molecule has 1 aromatic heterocycles. The van der Waals surface area contributed by atoms with Crippen LogP contribution in [-0.4, -0.2) is 21.0 Å². The molecule has 3 rings (SSSR count). The monoisotopic (exact) mass is 348 g/mol. The van der Waals surface area contributed by atoms with Crippen LogP contribution in [-0.2, 0) is 11.3 Å². The molecule has 7 heteroatoms. The van der Waals surface area contributed by atoms with Crippen molar-refractivity contribution >= 4 is 40.6 Å². The minimum absolute atomic E-state index is 0.0114. The summed E-state index contributed by atoms with van der Waals surface area (Å²) in [5.41, 5.74) is 1.30. The van der Waals surface area contributed by atoms with Crippen molar-refractivity contribution in [2.45, 2.75) is 6.54 Å². The number of halogens is 2. The first-order valence-electron chi connectivity index (χ1n) is 6.64. The third kappa shape index (κ3) is 3.43. The molecule has 0 bridgehead atoms. The minimum atomic E-state index is -0.467. The Morgan fingerprint density at radius 3 is 2.65 bits per heavy atom. The minimum Gasteiger partial charge on any atom is -0.268 e. The van der Waals surface area contributed by atoms with Crippen molar-refractivity contribution in [2.24, 2.45) is 0 Å². The SMILES string of the molecule is O=C1S/C(=C/c2ccncc2)C(=O)N1Cc1ccc(F)cc1Cl. The Balaban J connectivity index is 1.83. The quantitative estimate of drug-likeness (QED) is 0.783. The van der Waals surface area contributed by atoms with E-state index in [-0.39, 0.29) is 16.8 Å². The molecule has 4 nitrogen and oxygen atoms in total. The zero-order valence-corrected chi connectivity index (χ0v) is 13.3. The second-order valence-electron chi connectivity index (χ2n) is 4.78. The van der Waals surface area contributed by atoms with Gasteiger partial charge >= 0.3 is 0 Å². The second-order valence-corrected chi connectivity index (χ2v) is 6.18. The van der Waals surface area contributed by atoms with Crippen LogP contribution in [0.3, 0.4) is 0 Å². The van der Waals surface area contributed by atoms with Crippen molar-refractivity contribution in [3.63, 3.8) is 0 Å². The Morgan fingerprint density at radius 2 is 1.96 bits per heavy atom. The molecule has 1 aromatic carbocycles. The lowest BCUT2D eigenvalue weighted by atomic mass is 10.2. The van der Waals surface area contributed by atoms with Gasteiger partial charge in [0.15, 0.2) is 0 Å². The number of thioether (sulfide) groups is 1. The first-order chi connectivity index (χ1) is 11.0. The van der Waals surface area contributed by atoms with E-state index in [9.17, 15) is 14.0 Å². The lowest BCUT2D eigenvalue weighted by Crippen LogP contribution is -2.27. The summed E-state index contributed by atoms with van der Waals surface area (Å²) >= 11 is 6.82. The number of carbonyl (C=O) groups excluding carboxylic acids is 2. The van der Waals surface area contributed by atoms with Gasteiger partial charge in [-0.2, -0.15) is 0 Å². The zero-order chi connectivity index (χ0) is 16.4. The molecule has 1 saturated heterocycles. The zero-order valence-electron chi connectivity index (χ0n) is 11.7. The van der Waals surface area contributed by atoms with Gasteiger partial charge in [0.25, 0.3) is 11.1 Å². The molecule has 1 fully saturated rings. The van der Waals surface area contributed by atoms with Gasteiger partial charge in [0, 0.05) is 17.4 Å². The summed E-state index contributed by atoms with van der Waals surface area (Å²) in [5, 5.41) is -0.196. The Morgan fingerprint density at radius 1 is 1.22 bits per heavy atom. The molecule has 2 aromatic rings. The molecule has 0 aliphatic carbocycles. The van der Waals surface area contributed by atoms with Gasteiger partial charge in [-0.05, 0) is 53.2 Å². The Bertz CT molecular complexity index is 811. The van der Waals surface area contributed by atoms with Gasteiger partial charge in [-0.3, -0.25) is 19.5 Å². The molecule has 116 valence electrons. The van der Waals surface area contributed by atoms with Crippen LogP contribution in [0.2, 0.25) is 5.02 Å². The van der Waals surface area contributed by atoms with E-state index in [4.69, 9.17) is 11.6 Å². The van der Waals surface area contributed by atoms with Crippen molar-refractivity contribution in [1.29, 1.82) is 0 Å². The van der Waals surface area contributed by atoms with Crippen molar-refractivity contribution < 1.29 is 14.0 Å². The van der Waals surface area contributed by atoms with Gasteiger partial charge in [0.2, 0.25) is 0 Å². The van der Waals surface area contributed by atoms with Gasteiger partial charge in [-0.15, -0.1) is 0 Å². The number of rotatable bonds is 3. The molecule has 0 spiro atoms. The first-order valence-corrected chi connectivity index (χ1v) is 7.83. The van der Waals surface area contributed by atoms with Crippen LogP contribution in [0.25, 0.3) is 6.08 Å². The first kappa shape index (κ1) is 15.7. The van der Waals surface area contributed by atoms with Gasteiger partial charge in [-0.1, -0.05) is 17.7 Å². The van der Waals surface area contributed by atoms with E-state index in [1.54, 1.807) is 30.6 Å². The number of imide groups is 1. The van der Waals surface area contributed by atoms with E-state index in [1.807, 2.05) is 0 Å². The number of pyridine rings is 1. The van der Waals surface area contributed by atoms with Gasteiger partial charge in [0.1, 0.15) is 5.82 Å². The van der Waals surface area contributed by atoms with Crippen LogP contribution >= 0.6 is 23.4 Å². The van der Waals surface area contributed by atoms with Gasteiger partial charge in [-0.25, -0.2) is 4.39 Å². The second kappa shape index (κ2) is 6.52. The van der Waals surface area contributed by atoms with E-state index in [0.29, 0.717) is 10.5 Å².